The Kier molecular flexibility index (Phi) is 6.81. The summed E-state index contributed by atoms with van der Waals surface area (Å²) in [5.74, 6) is 0. The molecule has 0 aliphatic carbocycles. The molecular formula is C25H30BrN3O4S. The number of benzene rings is 2. The predicted molar refractivity (Wildman–Crippen MR) is 136 cm³/mol. The van der Waals surface area contributed by atoms with Crippen LogP contribution in [0.15, 0.2) is 58.0 Å². The van der Waals surface area contributed by atoms with Crippen LogP contribution in [-0.2, 0) is 21.3 Å². The van der Waals surface area contributed by atoms with Crippen molar-refractivity contribution in [2.45, 2.75) is 44.7 Å². The minimum atomic E-state index is -3.75. The van der Waals surface area contributed by atoms with Crippen LogP contribution in [0.25, 0.3) is 10.9 Å². The molecule has 0 unspecified atom stereocenters. The Hall–Kier alpha value is -2.36. The van der Waals surface area contributed by atoms with Crippen molar-refractivity contribution in [1.29, 1.82) is 0 Å². The number of halogens is 1. The van der Waals surface area contributed by atoms with E-state index in [1.54, 1.807) is 35.4 Å². The van der Waals surface area contributed by atoms with E-state index >= 15 is 0 Å². The molecule has 2 heterocycles. The van der Waals surface area contributed by atoms with Crippen molar-refractivity contribution in [2.24, 2.45) is 0 Å². The summed E-state index contributed by atoms with van der Waals surface area (Å²) < 4.78 is 34.6. The van der Waals surface area contributed by atoms with Gasteiger partial charge in [0, 0.05) is 48.8 Å². The maximum absolute atomic E-state index is 13.5. The van der Waals surface area contributed by atoms with Crippen LogP contribution < -0.4 is 0 Å². The van der Waals surface area contributed by atoms with E-state index in [-0.39, 0.29) is 11.0 Å². The lowest BCUT2D eigenvalue weighted by atomic mass is 10.1. The zero-order valence-electron chi connectivity index (χ0n) is 19.9. The average molecular weight is 549 g/mol. The Labute approximate surface area is 209 Å². The quantitative estimate of drug-likeness (QED) is 0.459. The molecule has 1 amide bonds. The monoisotopic (exact) mass is 547 g/mol. The van der Waals surface area contributed by atoms with Gasteiger partial charge >= 0.3 is 6.09 Å². The molecule has 1 aliphatic heterocycles. The largest absolute Gasteiger partial charge is 0.444 e. The number of carbonyl (C=O) groups is 1. The Morgan fingerprint density at radius 1 is 1.03 bits per heavy atom. The molecule has 7 nitrogen and oxygen atoms in total. The van der Waals surface area contributed by atoms with E-state index in [9.17, 15) is 13.2 Å². The van der Waals surface area contributed by atoms with Gasteiger partial charge in [-0.1, -0.05) is 39.7 Å². The standard InChI is InChI=1S/C25H30BrN3O4S/c1-18-5-8-21(9-6-18)34(31,32)29-17-19(22-10-7-20(26)15-23(22)29)16-27-11-13-28(14-12-27)24(30)33-25(2,3)4/h5-10,15,17H,11-14,16H2,1-4H3. The number of rotatable bonds is 4. The summed E-state index contributed by atoms with van der Waals surface area (Å²) >= 11 is 3.48. The molecule has 1 aliphatic rings. The summed E-state index contributed by atoms with van der Waals surface area (Å²) in [6, 6.07) is 12.6. The van der Waals surface area contributed by atoms with Gasteiger partial charge in [-0.2, -0.15) is 0 Å². The van der Waals surface area contributed by atoms with Crippen LogP contribution in [0.3, 0.4) is 0 Å². The minimum absolute atomic E-state index is 0.257. The van der Waals surface area contributed by atoms with Crippen molar-refractivity contribution in [2.75, 3.05) is 26.2 Å². The van der Waals surface area contributed by atoms with Crippen molar-refractivity contribution in [3.63, 3.8) is 0 Å². The number of hydrogen-bond donors (Lipinski definition) is 0. The molecule has 1 aromatic heterocycles. The molecule has 2 aromatic carbocycles. The number of ether oxygens (including phenoxy) is 1. The minimum Gasteiger partial charge on any atom is -0.444 e. The molecule has 3 aromatic rings. The molecule has 0 N–H and O–H groups in total. The number of piperazine rings is 1. The molecule has 0 saturated carbocycles. The van der Waals surface area contributed by atoms with Gasteiger partial charge in [0.25, 0.3) is 10.0 Å². The highest BCUT2D eigenvalue weighted by Crippen LogP contribution is 2.30. The second-order valence-corrected chi connectivity index (χ2v) is 12.4. The van der Waals surface area contributed by atoms with E-state index < -0.39 is 15.6 Å². The number of hydrogen-bond acceptors (Lipinski definition) is 5. The molecule has 4 rings (SSSR count). The maximum Gasteiger partial charge on any atom is 0.410 e. The van der Waals surface area contributed by atoms with E-state index in [2.05, 4.69) is 20.8 Å². The number of aromatic nitrogens is 1. The normalized spacial score (nSPS) is 15.6. The summed E-state index contributed by atoms with van der Waals surface area (Å²) in [6.07, 6.45) is 1.43. The van der Waals surface area contributed by atoms with Crippen LogP contribution in [0.5, 0.6) is 0 Å². The zero-order valence-corrected chi connectivity index (χ0v) is 22.3. The molecule has 1 fully saturated rings. The maximum atomic E-state index is 13.5. The van der Waals surface area contributed by atoms with Crippen molar-refractivity contribution < 1.29 is 17.9 Å². The van der Waals surface area contributed by atoms with Gasteiger partial charge in [0.05, 0.1) is 10.4 Å². The summed E-state index contributed by atoms with van der Waals surface area (Å²) in [4.78, 5) is 16.6. The first-order chi connectivity index (χ1) is 15.9. The Morgan fingerprint density at radius 3 is 2.29 bits per heavy atom. The van der Waals surface area contributed by atoms with Gasteiger partial charge in [-0.15, -0.1) is 0 Å². The van der Waals surface area contributed by atoms with Crippen molar-refractivity contribution >= 4 is 42.9 Å². The van der Waals surface area contributed by atoms with Gasteiger partial charge in [-0.3, -0.25) is 4.90 Å². The van der Waals surface area contributed by atoms with E-state index in [1.165, 1.54) is 3.97 Å². The first kappa shape index (κ1) is 24.8. The lowest BCUT2D eigenvalue weighted by Crippen LogP contribution is -2.49. The number of amides is 1. The van der Waals surface area contributed by atoms with Gasteiger partial charge in [-0.25, -0.2) is 17.2 Å². The van der Waals surface area contributed by atoms with Crippen LogP contribution in [-0.4, -0.2) is 60.1 Å². The fourth-order valence-electron chi connectivity index (χ4n) is 4.04. The second-order valence-electron chi connectivity index (χ2n) is 9.67. The fourth-order valence-corrected chi connectivity index (χ4v) is 5.78. The van der Waals surface area contributed by atoms with Crippen LogP contribution in [0.4, 0.5) is 4.79 Å². The van der Waals surface area contributed by atoms with Gasteiger partial charge < -0.3 is 9.64 Å². The summed E-state index contributed by atoms with van der Waals surface area (Å²) in [5, 5.41) is 0.897. The lowest BCUT2D eigenvalue weighted by molar-refractivity contribution is 0.0139. The molecule has 9 heteroatoms. The molecule has 34 heavy (non-hydrogen) atoms. The predicted octanol–water partition coefficient (Wildman–Crippen LogP) is 5.00. The van der Waals surface area contributed by atoms with Crippen LogP contribution in [0.2, 0.25) is 0 Å². The Balaban J connectivity index is 1.58. The van der Waals surface area contributed by atoms with E-state index in [0.29, 0.717) is 38.2 Å². The van der Waals surface area contributed by atoms with Gasteiger partial charge in [0.15, 0.2) is 0 Å². The van der Waals surface area contributed by atoms with Crippen molar-refractivity contribution in [3.05, 3.63) is 64.3 Å². The fraction of sp³-hybridized carbons (Fsp3) is 0.400. The molecule has 182 valence electrons. The Morgan fingerprint density at radius 2 is 1.68 bits per heavy atom. The molecular weight excluding hydrogens is 518 g/mol. The van der Waals surface area contributed by atoms with Gasteiger partial charge in [0.2, 0.25) is 0 Å². The van der Waals surface area contributed by atoms with E-state index in [0.717, 1.165) is 21.0 Å². The first-order valence-electron chi connectivity index (χ1n) is 11.3. The lowest BCUT2D eigenvalue weighted by Gasteiger charge is -2.35. The number of fused-ring (bicyclic) bond motifs is 1. The zero-order chi connectivity index (χ0) is 24.7. The van der Waals surface area contributed by atoms with E-state index in [1.807, 2.05) is 45.9 Å². The molecule has 0 bridgehead atoms. The second kappa shape index (κ2) is 9.36. The van der Waals surface area contributed by atoms with E-state index in [4.69, 9.17) is 4.74 Å². The molecule has 1 saturated heterocycles. The van der Waals surface area contributed by atoms with Crippen LogP contribution in [0.1, 0.15) is 31.9 Å². The topological polar surface area (TPSA) is 71.9 Å². The average Bonchev–Trinajstić information content (AvgIpc) is 3.11. The van der Waals surface area contributed by atoms with Crippen molar-refractivity contribution in [3.8, 4) is 0 Å². The summed E-state index contributed by atoms with van der Waals surface area (Å²) in [7, 11) is -3.75. The third-order valence-corrected chi connectivity index (χ3v) is 7.99. The summed E-state index contributed by atoms with van der Waals surface area (Å²) in [6.45, 7) is 10.6. The highest BCUT2D eigenvalue weighted by atomic mass is 79.9. The summed E-state index contributed by atoms with van der Waals surface area (Å²) in [5.41, 5.74) is 2.05. The number of aryl methyl sites for hydroxylation is 1. The number of nitrogens with zero attached hydrogens (tertiary/aromatic N) is 3. The highest BCUT2D eigenvalue weighted by molar-refractivity contribution is 9.10. The molecule has 0 atom stereocenters. The van der Waals surface area contributed by atoms with Crippen molar-refractivity contribution in [1.82, 2.24) is 13.8 Å². The van der Waals surface area contributed by atoms with Crippen LogP contribution >= 0.6 is 15.9 Å². The van der Waals surface area contributed by atoms with Gasteiger partial charge in [-0.05, 0) is 57.5 Å². The Bertz CT molecular complexity index is 1300. The molecule has 0 spiro atoms. The third kappa shape index (κ3) is 5.31. The smallest absolute Gasteiger partial charge is 0.410 e. The first-order valence-corrected chi connectivity index (χ1v) is 13.5. The SMILES string of the molecule is Cc1ccc(S(=O)(=O)n2cc(CN3CCN(C(=O)OC(C)(C)C)CC3)c3ccc(Br)cc32)cc1. The highest BCUT2D eigenvalue weighted by Gasteiger charge is 2.27. The third-order valence-electron chi connectivity index (χ3n) is 5.81. The van der Waals surface area contributed by atoms with Gasteiger partial charge in [0.1, 0.15) is 5.60 Å². The number of carbonyl (C=O) groups excluding carboxylic acids is 1. The molecule has 0 radical (unpaired) electrons. The van der Waals surface area contributed by atoms with Crippen LogP contribution in [0, 0.1) is 6.92 Å².